The first-order valence-corrected chi connectivity index (χ1v) is 6.51. The van der Waals surface area contributed by atoms with E-state index in [0.717, 1.165) is 18.6 Å². The highest BCUT2D eigenvalue weighted by molar-refractivity contribution is 6.34. The standard InChI is InChI=1S/C13H18ClN3O3/c1-13(2,3)4-5-16-12(18)9-6-8(17(19)20)7-10(14)11(9)15/h6-7H,4-5,15H2,1-3H3,(H,16,18). The second kappa shape index (κ2) is 6.09. The van der Waals surface area contributed by atoms with Crippen molar-refractivity contribution < 1.29 is 9.72 Å². The van der Waals surface area contributed by atoms with Crippen LogP contribution in [0.3, 0.4) is 0 Å². The van der Waals surface area contributed by atoms with E-state index in [-0.39, 0.29) is 27.4 Å². The van der Waals surface area contributed by atoms with Gasteiger partial charge in [0.15, 0.2) is 0 Å². The number of carbonyl (C=O) groups is 1. The molecule has 0 spiro atoms. The number of nitrogens with two attached hydrogens (primary N) is 1. The van der Waals surface area contributed by atoms with Crippen LogP contribution in [0, 0.1) is 15.5 Å². The molecule has 1 rings (SSSR count). The van der Waals surface area contributed by atoms with Gasteiger partial charge in [0.25, 0.3) is 11.6 Å². The van der Waals surface area contributed by atoms with E-state index in [1.165, 1.54) is 0 Å². The molecule has 0 atom stereocenters. The lowest BCUT2D eigenvalue weighted by molar-refractivity contribution is -0.384. The molecule has 0 unspecified atom stereocenters. The zero-order valence-electron chi connectivity index (χ0n) is 11.7. The molecular weight excluding hydrogens is 282 g/mol. The van der Waals surface area contributed by atoms with Crippen LogP contribution in [0.15, 0.2) is 12.1 Å². The normalized spacial score (nSPS) is 11.2. The third kappa shape index (κ3) is 4.38. The molecule has 0 aromatic heterocycles. The van der Waals surface area contributed by atoms with E-state index in [0.29, 0.717) is 6.54 Å². The molecule has 1 aromatic carbocycles. The molecule has 1 aromatic rings. The van der Waals surface area contributed by atoms with Crippen molar-refractivity contribution >= 4 is 28.9 Å². The minimum Gasteiger partial charge on any atom is -0.397 e. The Kier molecular flexibility index (Phi) is 4.94. The summed E-state index contributed by atoms with van der Waals surface area (Å²) in [6.07, 6.45) is 0.779. The highest BCUT2D eigenvalue weighted by Gasteiger charge is 2.19. The summed E-state index contributed by atoms with van der Waals surface area (Å²) in [7, 11) is 0. The fourth-order valence-electron chi connectivity index (χ4n) is 1.54. The van der Waals surface area contributed by atoms with Crippen LogP contribution in [0.5, 0.6) is 0 Å². The average Bonchev–Trinajstić information content (AvgIpc) is 2.30. The van der Waals surface area contributed by atoms with E-state index < -0.39 is 10.8 Å². The molecule has 20 heavy (non-hydrogen) atoms. The first-order chi connectivity index (χ1) is 9.11. The number of benzene rings is 1. The smallest absolute Gasteiger partial charge is 0.271 e. The van der Waals surface area contributed by atoms with Crippen LogP contribution in [-0.2, 0) is 0 Å². The Labute approximate surface area is 122 Å². The van der Waals surface area contributed by atoms with Gasteiger partial charge >= 0.3 is 0 Å². The Hall–Kier alpha value is -1.82. The molecule has 6 nitrogen and oxygen atoms in total. The van der Waals surface area contributed by atoms with Crippen molar-refractivity contribution in [1.82, 2.24) is 5.32 Å². The van der Waals surface area contributed by atoms with Crippen LogP contribution in [-0.4, -0.2) is 17.4 Å². The predicted octanol–water partition coefficient (Wildman–Crippen LogP) is 3.00. The van der Waals surface area contributed by atoms with E-state index in [1.807, 2.05) is 0 Å². The number of nitrogens with one attached hydrogen (secondary N) is 1. The summed E-state index contributed by atoms with van der Waals surface area (Å²) >= 11 is 5.80. The van der Waals surface area contributed by atoms with Gasteiger partial charge in [-0.25, -0.2) is 0 Å². The van der Waals surface area contributed by atoms with Gasteiger partial charge in [-0.3, -0.25) is 14.9 Å². The van der Waals surface area contributed by atoms with Crippen molar-refractivity contribution in [2.45, 2.75) is 27.2 Å². The number of nitrogens with zero attached hydrogens (tertiary/aromatic N) is 1. The van der Waals surface area contributed by atoms with Crippen molar-refractivity contribution in [2.75, 3.05) is 12.3 Å². The van der Waals surface area contributed by atoms with Crippen molar-refractivity contribution in [3.63, 3.8) is 0 Å². The zero-order chi connectivity index (χ0) is 15.5. The van der Waals surface area contributed by atoms with Gasteiger partial charge in [0.1, 0.15) is 0 Å². The Morgan fingerprint density at radius 2 is 2.05 bits per heavy atom. The van der Waals surface area contributed by atoms with Gasteiger partial charge < -0.3 is 11.1 Å². The topological polar surface area (TPSA) is 98.3 Å². The maximum Gasteiger partial charge on any atom is 0.271 e. The fourth-order valence-corrected chi connectivity index (χ4v) is 1.76. The van der Waals surface area contributed by atoms with Gasteiger partial charge in [0, 0.05) is 18.7 Å². The summed E-state index contributed by atoms with van der Waals surface area (Å²) in [5.41, 5.74) is 5.59. The Morgan fingerprint density at radius 1 is 1.45 bits per heavy atom. The number of nitro groups is 1. The molecule has 0 bridgehead atoms. The zero-order valence-corrected chi connectivity index (χ0v) is 12.5. The van der Waals surface area contributed by atoms with Crippen molar-refractivity contribution in [3.8, 4) is 0 Å². The third-order valence-corrected chi connectivity index (χ3v) is 3.04. The van der Waals surface area contributed by atoms with E-state index in [2.05, 4.69) is 26.1 Å². The third-order valence-electron chi connectivity index (χ3n) is 2.73. The molecule has 3 N–H and O–H groups in total. The number of amides is 1. The summed E-state index contributed by atoms with van der Waals surface area (Å²) in [6.45, 7) is 6.62. The van der Waals surface area contributed by atoms with Crippen LogP contribution in [0.4, 0.5) is 11.4 Å². The maximum absolute atomic E-state index is 12.0. The lowest BCUT2D eigenvalue weighted by atomic mass is 9.92. The van der Waals surface area contributed by atoms with E-state index >= 15 is 0 Å². The van der Waals surface area contributed by atoms with Gasteiger partial charge in [0.2, 0.25) is 0 Å². The number of carbonyl (C=O) groups excluding carboxylic acids is 1. The number of nitrogen functional groups attached to an aromatic ring is 1. The van der Waals surface area contributed by atoms with Gasteiger partial charge in [-0.2, -0.15) is 0 Å². The largest absolute Gasteiger partial charge is 0.397 e. The monoisotopic (exact) mass is 299 g/mol. The number of rotatable bonds is 4. The van der Waals surface area contributed by atoms with Crippen molar-refractivity contribution in [1.29, 1.82) is 0 Å². The van der Waals surface area contributed by atoms with Crippen LogP contribution in [0.2, 0.25) is 5.02 Å². The molecule has 0 aliphatic rings. The minimum absolute atomic E-state index is 0.000159. The molecule has 0 heterocycles. The van der Waals surface area contributed by atoms with Gasteiger partial charge in [-0.1, -0.05) is 32.4 Å². The molecule has 0 saturated carbocycles. The van der Waals surface area contributed by atoms with Crippen molar-refractivity contribution in [2.24, 2.45) is 5.41 Å². The summed E-state index contributed by atoms with van der Waals surface area (Å²) in [5.74, 6) is -0.461. The van der Waals surface area contributed by atoms with Crippen LogP contribution in [0.25, 0.3) is 0 Å². The highest BCUT2D eigenvalue weighted by Crippen LogP contribution is 2.28. The van der Waals surface area contributed by atoms with E-state index in [1.54, 1.807) is 0 Å². The van der Waals surface area contributed by atoms with Crippen LogP contribution in [0.1, 0.15) is 37.6 Å². The number of hydrogen-bond acceptors (Lipinski definition) is 4. The summed E-state index contributed by atoms with van der Waals surface area (Å²) in [6, 6.07) is 2.26. The molecule has 0 aliphatic heterocycles. The molecular formula is C13H18ClN3O3. The van der Waals surface area contributed by atoms with Crippen molar-refractivity contribution in [3.05, 3.63) is 32.8 Å². The summed E-state index contributed by atoms with van der Waals surface area (Å²) < 4.78 is 0. The summed E-state index contributed by atoms with van der Waals surface area (Å²) in [4.78, 5) is 22.2. The first kappa shape index (κ1) is 16.2. The molecule has 7 heteroatoms. The molecule has 0 radical (unpaired) electrons. The molecule has 1 amide bonds. The second-order valence-corrected chi connectivity index (χ2v) is 6.12. The van der Waals surface area contributed by atoms with E-state index in [9.17, 15) is 14.9 Å². The van der Waals surface area contributed by atoms with Gasteiger partial charge in [-0.05, 0) is 11.8 Å². The lowest BCUT2D eigenvalue weighted by Gasteiger charge is -2.18. The number of nitro benzene ring substituents is 1. The lowest BCUT2D eigenvalue weighted by Crippen LogP contribution is -2.28. The Bertz CT molecular complexity index is 538. The van der Waals surface area contributed by atoms with E-state index in [4.69, 9.17) is 17.3 Å². The van der Waals surface area contributed by atoms with Gasteiger partial charge in [0.05, 0.1) is 21.2 Å². The minimum atomic E-state index is -0.614. The predicted molar refractivity (Wildman–Crippen MR) is 78.9 cm³/mol. The van der Waals surface area contributed by atoms with Gasteiger partial charge in [-0.15, -0.1) is 0 Å². The quantitative estimate of drug-likeness (QED) is 0.507. The average molecular weight is 300 g/mol. The fraction of sp³-hybridized carbons (Fsp3) is 0.462. The Balaban J connectivity index is 2.90. The number of non-ortho nitro benzene ring substituents is 1. The number of hydrogen-bond donors (Lipinski definition) is 2. The molecule has 0 aliphatic carbocycles. The Morgan fingerprint density at radius 3 is 2.55 bits per heavy atom. The highest BCUT2D eigenvalue weighted by atomic mass is 35.5. The first-order valence-electron chi connectivity index (χ1n) is 6.13. The maximum atomic E-state index is 12.0. The van der Waals surface area contributed by atoms with Crippen LogP contribution >= 0.6 is 11.6 Å². The molecule has 0 saturated heterocycles. The SMILES string of the molecule is CC(C)(C)CCNC(=O)c1cc([N+](=O)[O-])cc(Cl)c1N. The number of halogens is 1. The number of anilines is 1. The molecule has 0 fully saturated rings. The second-order valence-electron chi connectivity index (χ2n) is 5.71. The van der Waals surface area contributed by atoms with Crippen LogP contribution < -0.4 is 11.1 Å². The summed E-state index contributed by atoms with van der Waals surface area (Å²) in [5, 5.41) is 13.4. The molecule has 110 valence electrons.